The van der Waals surface area contributed by atoms with E-state index in [2.05, 4.69) is 10.6 Å². The van der Waals surface area contributed by atoms with E-state index in [1.54, 1.807) is 0 Å². The summed E-state index contributed by atoms with van der Waals surface area (Å²) in [6.07, 6.45) is 2.17. The summed E-state index contributed by atoms with van der Waals surface area (Å²) >= 11 is 0. The van der Waals surface area contributed by atoms with Crippen LogP contribution >= 0.6 is 12.4 Å². The third-order valence-electron chi connectivity index (χ3n) is 4.97. The van der Waals surface area contributed by atoms with Crippen LogP contribution in [0, 0.1) is 11.8 Å². The number of carbonyl (C=O) groups is 2. The lowest BCUT2D eigenvalue weighted by atomic mass is 9.92. The normalized spacial score (nSPS) is 22.9. The standard InChI is InChI=1S/C17H24N4O2.ClH/c18-17(23)20-9-12-1-3-13(4-2-12)16(22)21-7-5-14-10-19-11-15(14)6-8-21;/h1-4,14-15,19H,5-11H2,(H3,18,20,23);1H/t14-,15+;. The lowest BCUT2D eigenvalue weighted by Gasteiger charge is -2.21. The number of hydrogen-bond acceptors (Lipinski definition) is 3. The lowest BCUT2D eigenvalue weighted by Crippen LogP contribution is -2.32. The minimum Gasteiger partial charge on any atom is -0.352 e. The number of primary amides is 1. The van der Waals surface area contributed by atoms with Crippen molar-refractivity contribution in [1.82, 2.24) is 15.5 Å². The second kappa shape index (κ2) is 8.35. The first-order valence-corrected chi connectivity index (χ1v) is 8.25. The molecule has 1 aromatic carbocycles. The molecule has 0 unspecified atom stereocenters. The van der Waals surface area contributed by atoms with Crippen LogP contribution in [-0.4, -0.2) is 43.0 Å². The lowest BCUT2D eigenvalue weighted by molar-refractivity contribution is 0.0758. The van der Waals surface area contributed by atoms with Gasteiger partial charge < -0.3 is 21.3 Å². The van der Waals surface area contributed by atoms with Crippen LogP contribution in [0.15, 0.2) is 24.3 Å². The highest BCUT2D eigenvalue weighted by Gasteiger charge is 2.31. The number of hydrogen-bond donors (Lipinski definition) is 3. The van der Waals surface area contributed by atoms with Crippen molar-refractivity contribution in [2.75, 3.05) is 26.2 Å². The molecule has 0 aliphatic carbocycles. The Morgan fingerprint density at radius 1 is 1.12 bits per heavy atom. The summed E-state index contributed by atoms with van der Waals surface area (Å²) in [5, 5.41) is 5.99. The maximum absolute atomic E-state index is 12.7. The third-order valence-corrected chi connectivity index (χ3v) is 4.97. The van der Waals surface area contributed by atoms with Crippen molar-refractivity contribution in [2.45, 2.75) is 19.4 Å². The van der Waals surface area contributed by atoms with Crippen LogP contribution in [0.25, 0.3) is 0 Å². The molecule has 2 aliphatic heterocycles. The predicted molar refractivity (Wildman–Crippen MR) is 95.1 cm³/mol. The van der Waals surface area contributed by atoms with Crippen molar-refractivity contribution in [2.24, 2.45) is 17.6 Å². The molecular weight excluding hydrogens is 328 g/mol. The Bertz CT molecular complexity index is 564. The highest BCUT2D eigenvalue weighted by molar-refractivity contribution is 5.94. The molecule has 2 saturated heterocycles. The first kappa shape index (κ1) is 18.5. The molecule has 4 N–H and O–H groups in total. The number of urea groups is 1. The van der Waals surface area contributed by atoms with Gasteiger partial charge in [-0.3, -0.25) is 4.79 Å². The molecule has 0 radical (unpaired) electrons. The van der Waals surface area contributed by atoms with Crippen molar-refractivity contribution in [3.63, 3.8) is 0 Å². The highest BCUT2D eigenvalue weighted by atomic mass is 35.5. The molecule has 0 bridgehead atoms. The maximum Gasteiger partial charge on any atom is 0.312 e. The molecule has 1 aromatic rings. The van der Waals surface area contributed by atoms with Crippen LogP contribution in [0.1, 0.15) is 28.8 Å². The van der Waals surface area contributed by atoms with Crippen molar-refractivity contribution in [1.29, 1.82) is 0 Å². The molecule has 0 spiro atoms. The van der Waals surface area contributed by atoms with Crippen LogP contribution in [0.5, 0.6) is 0 Å². The quantitative estimate of drug-likeness (QED) is 0.767. The van der Waals surface area contributed by atoms with E-state index in [0.717, 1.165) is 56.4 Å². The monoisotopic (exact) mass is 352 g/mol. The number of benzene rings is 1. The summed E-state index contributed by atoms with van der Waals surface area (Å²) in [5.41, 5.74) is 6.69. The van der Waals surface area contributed by atoms with Gasteiger partial charge in [-0.2, -0.15) is 0 Å². The van der Waals surface area contributed by atoms with Crippen molar-refractivity contribution >= 4 is 24.3 Å². The SMILES string of the molecule is Cl.NC(=O)NCc1ccc(C(=O)N2CC[C@@H]3CNC[C@@H]3CC2)cc1. The second-order valence-electron chi connectivity index (χ2n) is 6.46. The van der Waals surface area contributed by atoms with Gasteiger partial charge in [-0.15, -0.1) is 12.4 Å². The van der Waals surface area contributed by atoms with E-state index in [4.69, 9.17) is 5.73 Å². The predicted octanol–water partition coefficient (Wildman–Crippen LogP) is 1.35. The summed E-state index contributed by atoms with van der Waals surface area (Å²) in [7, 11) is 0. The Hall–Kier alpha value is -1.79. The molecule has 0 aromatic heterocycles. The molecule has 7 heteroatoms. The minimum atomic E-state index is -0.547. The largest absolute Gasteiger partial charge is 0.352 e. The zero-order valence-corrected chi connectivity index (χ0v) is 14.5. The third kappa shape index (κ3) is 4.39. The van der Waals surface area contributed by atoms with Gasteiger partial charge in [-0.1, -0.05) is 12.1 Å². The van der Waals surface area contributed by atoms with Crippen molar-refractivity contribution < 1.29 is 9.59 Å². The van der Waals surface area contributed by atoms with Crippen molar-refractivity contribution in [3.05, 3.63) is 35.4 Å². The number of nitrogens with zero attached hydrogens (tertiary/aromatic N) is 1. The first-order chi connectivity index (χ1) is 11.1. The number of nitrogens with one attached hydrogen (secondary N) is 2. The van der Waals surface area contributed by atoms with E-state index in [1.165, 1.54) is 0 Å². The number of rotatable bonds is 3. The van der Waals surface area contributed by atoms with E-state index in [-0.39, 0.29) is 18.3 Å². The van der Waals surface area contributed by atoms with Gasteiger partial charge in [0.15, 0.2) is 0 Å². The van der Waals surface area contributed by atoms with Gasteiger partial charge >= 0.3 is 6.03 Å². The van der Waals surface area contributed by atoms with Gasteiger partial charge in [0.25, 0.3) is 5.91 Å². The fourth-order valence-corrected chi connectivity index (χ4v) is 3.56. The Labute approximate surface area is 148 Å². The van der Waals surface area contributed by atoms with Crippen LogP contribution in [0.2, 0.25) is 0 Å². The number of fused-ring (bicyclic) bond motifs is 1. The number of carbonyl (C=O) groups excluding carboxylic acids is 2. The minimum absolute atomic E-state index is 0. The molecule has 0 saturated carbocycles. The van der Waals surface area contributed by atoms with E-state index in [1.807, 2.05) is 29.2 Å². The van der Waals surface area contributed by atoms with Gasteiger partial charge in [0.2, 0.25) is 0 Å². The second-order valence-corrected chi connectivity index (χ2v) is 6.46. The van der Waals surface area contributed by atoms with Crippen LogP contribution in [0.4, 0.5) is 4.79 Å². The topological polar surface area (TPSA) is 87.5 Å². The van der Waals surface area contributed by atoms with Gasteiger partial charge in [0.1, 0.15) is 0 Å². The smallest absolute Gasteiger partial charge is 0.312 e. The van der Waals surface area contributed by atoms with Crippen molar-refractivity contribution in [3.8, 4) is 0 Å². The summed E-state index contributed by atoms with van der Waals surface area (Å²) in [5.74, 6) is 1.54. The van der Waals surface area contributed by atoms with E-state index in [9.17, 15) is 9.59 Å². The molecule has 2 fully saturated rings. The van der Waals surface area contributed by atoms with Crippen LogP contribution in [-0.2, 0) is 6.54 Å². The summed E-state index contributed by atoms with van der Waals surface area (Å²) < 4.78 is 0. The van der Waals surface area contributed by atoms with Crippen LogP contribution < -0.4 is 16.4 Å². The fourth-order valence-electron chi connectivity index (χ4n) is 3.56. The molecule has 2 atom stereocenters. The highest BCUT2D eigenvalue weighted by Crippen LogP contribution is 2.27. The van der Waals surface area contributed by atoms with E-state index < -0.39 is 6.03 Å². The van der Waals surface area contributed by atoms with Gasteiger partial charge in [-0.05, 0) is 55.5 Å². The van der Waals surface area contributed by atoms with Gasteiger partial charge in [-0.25, -0.2) is 4.79 Å². The Balaban J connectivity index is 0.00000208. The van der Waals surface area contributed by atoms with Gasteiger partial charge in [0, 0.05) is 25.2 Å². The number of amides is 3. The first-order valence-electron chi connectivity index (χ1n) is 8.25. The number of nitrogens with two attached hydrogens (primary N) is 1. The average molecular weight is 353 g/mol. The number of halogens is 1. The zero-order valence-electron chi connectivity index (χ0n) is 13.7. The molecular formula is C17H25ClN4O2. The Morgan fingerprint density at radius 2 is 1.71 bits per heavy atom. The molecule has 2 heterocycles. The summed E-state index contributed by atoms with van der Waals surface area (Å²) in [4.78, 5) is 25.4. The molecule has 24 heavy (non-hydrogen) atoms. The molecule has 132 valence electrons. The molecule has 3 rings (SSSR count). The number of likely N-dealkylation sites (tertiary alicyclic amines) is 1. The summed E-state index contributed by atoms with van der Waals surface area (Å²) in [6.45, 7) is 4.24. The van der Waals surface area contributed by atoms with E-state index in [0.29, 0.717) is 12.1 Å². The Morgan fingerprint density at radius 3 is 2.25 bits per heavy atom. The average Bonchev–Trinajstić information content (AvgIpc) is 2.91. The maximum atomic E-state index is 12.7. The molecule has 6 nitrogen and oxygen atoms in total. The zero-order chi connectivity index (χ0) is 16.2. The summed E-state index contributed by atoms with van der Waals surface area (Å²) in [6, 6.07) is 6.83. The van der Waals surface area contributed by atoms with Crippen LogP contribution in [0.3, 0.4) is 0 Å². The Kier molecular flexibility index (Phi) is 6.45. The molecule has 3 amide bonds. The molecule has 2 aliphatic rings. The van der Waals surface area contributed by atoms with Gasteiger partial charge in [0.05, 0.1) is 0 Å². The fraction of sp³-hybridized carbons (Fsp3) is 0.529. The van der Waals surface area contributed by atoms with E-state index >= 15 is 0 Å².